The van der Waals surface area contributed by atoms with Crippen molar-refractivity contribution in [2.75, 3.05) is 19.8 Å². The highest BCUT2D eigenvalue weighted by atomic mass is 32.2. The Morgan fingerprint density at radius 2 is 2.16 bits per heavy atom. The zero-order valence-corrected chi connectivity index (χ0v) is 11.9. The van der Waals surface area contributed by atoms with E-state index in [2.05, 4.69) is 11.3 Å². The number of halogens is 1. The Labute approximate surface area is 113 Å². The number of sulfonamides is 1. The molecule has 0 unspecified atom stereocenters. The van der Waals surface area contributed by atoms with Crippen LogP contribution in [0, 0.1) is 12.7 Å². The average molecular weight is 287 g/mol. The first kappa shape index (κ1) is 15.8. The maximum atomic E-state index is 13.5. The zero-order valence-electron chi connectivity index (χ0n) is 11.1. The number of benzene rings is 1. The first-order valence-corrected chi connectivity index (χ1v) is 7.29. The van der Waals surface area contributed by atoms with Crippen molar-refractivity contribution in [3.05, 3.63) is 41.7 Å². The predicted octanol–water partition coefficient (Wildman–Crippen LogP) is 2.01. The number of nitrogens with one attached hydrogen (secondary N) is 1. The molecule has 0 spiro atoms. The van der Waals surface area contributed by atoms with Crippen LogP contribution in [0.2, 0.25) is 0 Å². The quantitative estimate of drug-likeness (QED) is 0.616. The maximum absolute atomic E-state index is 13.5. The molecule has 0 saturated heterocycles. The van der Waals surface area contributed by atoms with E-state index in [1.807, 2.05) is 6.92 Å². The van der Waals surface area contributed by atoms with E-state index in [0.717, 1.165) is 11.6 Å². The molecule has 1 N–H and O–H groups in total. The Hall–Kier alpha value is -1.24. The summed E-state index contributed by atoms with van der Waals surface area (Å²) in [7, 11) is -3.84. The number of ether oxygens (including phenoxy) is 1. The first-order valence-electron chi connectivity index (χ1n) is 5.81. The lowest BCUT2D eigenvalue weighted by Gasteiger charge is -2.09. The van der Waals surface area contributed by atoms with Gasteiger partial charge in [-0.05, 0) is 31.5 Å². The topological polar surface area (TPSA) is 55.4 Å². The van der Waals surface area contributed by atoms with E-state index in [4.69, 9.17) is 4.74 Å². The highest BCUT2D eigenvalue weighted by Gasteiger charge is 2.18. The van der Waals surface area contributed by atoms with Crippen molar-refractivity contribution in [2.24, 2.45) is 0 Å². The van der Waals surface area contributed by atoms with E-state index in [9.17, 15) is 12.8 Å². The van der Waals surface area contributed by atoms with Crippen molar-refractivity contribution in [1.29, 1.82) is 0 Å². The molecule has 0 aromatic heterocycles. The van der Waals surface area contributed by atoms with Crippen LogP contribution in [0.3, 0.4) is 0 Å². The largest absolute Gasteiger partial charge is 0.376 e. The molecule has 0 fully saturated rings. The van der Waals surface area contributed by atoms with Gasteiger partial charge in [-0.2, -0.15) is 0 Å². The van der Waals surface area contributed by atoms with Gasteiger partial charge in [-0.3, -0.25) is 0 Å². The van der Waals surface area contributed by atoms with Crippen LogP contribution in [0.4, 0.5) is 4.39 Å². The molecular formula is C13H18FNO3S. The van der Waals surface area contributed by atoms with Crippen LogP contribution in [0.1, 0.15) is 12.5 Å². The van der Waals surface area contributed by atoms with Gasteiger partial charge >= 0.3 is 0 Å². The molecule has 4 nitrogen and oxygen atoms in total. The van der Waals surface area contributed by atoms with Gasteiger partial charge in [0, 0.05) is 6.54 Å². The Morgan fingerprint density at radius 3 is 2.79 bits per heavy atom. The molecule has 0 aliphatic carbocycles. The van der Waals surface area contributed by atoms with E-state index >= 15 is 0 Å². The van der Waals surface area contributed by atoms with Crippen molar-refractivity contribution < 1.29 is 17.5 Å². The lowest BCUT2D eigenvalue weighted by atomic mass is 10.2. The Morgan fingerprint density at radius 1 is 1.47 bits per heavy atom. The van der Waals surface area contributed by atoms with Crippen molar-refractivity contribution in [1.82, 2.24) is 4.72 Å². The number of hydrogen-bond donors (Lipinski definition) is 1. The van der Waals surface area contributed by atoms with Crippen LogP contribution in [0.5, 0.6) is 0 Å². The Kier molecular flexibility index (Phi) is 5.65. The molecule has 0 heterocycles. The summed E-state index contributed by atoms with van der Waals surface area (Å²) in [5.74, 6) is -0.763. The normalized spacial score (nSPS) is 11.5. The lowest BCUT2D eigenvalue weighted by molar-refractivity contribution is 0.162. The SMILES string of the molecule is C=C(C)COCCNS(=O)(=O)c1cc(C)ccc1F. The van der Waals surface area contributed by atoms with Gasteiger partial charge in [0.05, 0.1) is 13.2 Å². The van der Waals surface area contributed by atoms with Crippen molar-refractivity contribution in [3.8, 4) is 0 Å². The minimum Gasteiger partial charge on any atom is -0.376 e. The molecule has 19 heavy (non-hydrogen) atoms. The summed E-state index contributed by atoms with van der Waals surface area (Å²) in [5.41, 5.74) is 1.54. The number of aryl methyl sites for hydroxylation is 1. The van der Waals surface area contributed by atoms with Gasteiger partial charge < -0.3 is 4.74 Å². The molecule has 0 bridgehead atoms. The van der Waals surface area contributed by atoms with Crippen LogP contribution in [-0.4, -0.2) is 28.2 Å². The third-order valence-corrected chi connectivity index (χ3v) is 3.74. The summed E-state index contributed by atoms with van der Waals surface area (Å²) in [6, 6.07) is 3.96. The summed E-state index contributed by atoms with van der Waals surface area (Å²) >= 11 is 0. The summed E-state index contributed by atoms with van der Waals surface area (Å²) in [6.07, 6.45) is 0. The molecule has 6 heteroatoms. The second-order valence-electron chi connectivity index (χ2n) is 4.34. The molecular weight excluding hydrogens is 269 g/mol. The van der Waals surface area contributed by atoms with Crippen molar-refractivity contribution >= 4 is 10.0 Å². The highest BCUT2D eigenvalue weighted by Crippen LogP contribution is 2.15. The standard InChI is InChI=1S/C13H18FNO3S/c1-10(2)9-18-7-6-15-19(16,17)13-8-11(3)4-5-12(13)14/h4-5,8,15H,1,6-7,9H2,2-3H3. The monoisotopic (exact) mass is 287 g/mol. The van der Waals surface area contributed by atoms with E-state index in [-0.39, 0.29) is 18.0 Å². The van der Waals surface area contributed by atoms with Crippen LogP contribution in [0.15, 0.2) is 35.2 Å². The van der Waals surface area contributed by atoms with Gasteiger partial charge in [0.1, 0.15) is 10.7 Å². The van der Waals surface area contributed by atoms with Crippen LogP contribution < -0.4 is 4.72 Å². The van der Waals surface area contributed by atoms with Crippen molar-refractivity contribution in [3.63, 3.8) is 0 Å². The van der Waals surface area contributed by atoms with Crippen LogP contribution in [0.25, 0.3) is 0 Å². The summed E-state index contributed by atoms with van der Waals surface area (Å²) in [4.78, 5) is -0.340. The molecule has 0 aliphatic heterocycles. The Balaban J connectivity index is 2.61. The maximum Gasteiger partial charge on any atom is 0.243 e. The molecule has 1 rings (SSSR count). The smallest absolute Gasteiger partial charge is 0.243 e. The van der Waals surface area contributed by atoms with E-state index in [1.54, 1.807) is 6.92 Å². The zero-order chi connectivity index (χ0) is 14.5. The van der Waals surface area contributed by atoms with Gasteiger partial charge in [0.25, 0.3) is 0 Å². The predicted molar refractivity (Wildman–Crippen MR) is 72.0 cm³/mol. The lowest BCUT2D eigenvalue weighted by Crippen LogP contribution is -2.28. The molecule has 106 valence electrons. The van der Waals surface area contributed by atoms with Crippen LogP contribution in [-0.2, 0) is 14.8 Å². The summed E-state index contributed by atoms with van der Waals surface area (Å²) < 4.78 is 44.7. The fourth-order valence-corrected chi connectivity index (χ4v) is 2.56. The van der Waals surface area contributed by atoms with E-state index in [1.165, 1.54) is 12.1 Å². The molecule has 1 aromatic rings. The summed E-state index contributed by atoms with van der Waals surface area (Å²) in [6.45, 7) is 7.84. The molecule has 0 atom stereocenters. The average Bonchev–Trinajstić information content (AvgIpc) is 2.31. The van der Waals surface area contributed by atoms with Gasteiger partial charge in [-0.1, -0.05) is 18.2 Å². The fourth-order valence-electron chi connectivity index (χ4n) is 1.39. The molecule has 0 aliphatic rings. The molecule has 1 aromatic carbocycles. The second-order valence-corrected chi connectivity index (χ2v) is 6.08. The number of rotatable bonds is 7. The van der Waals surface area contributed by atoms with Gasteiger partial charge in [0.15, 0.2) is 0 Å². The van der Waals surface area contributed by atoms with Crippen molar-refractivity contribution in [2.45, 2.75) is 18.7 Å². The minimum absolute atomic E-state index is 0.0863. The molecule has 0 amide bonds. The summed E-state index contributed by atoms with van der Waals surface area (Å²) in [5, 5.41) is 0. The van der Waals surface area contributed by atoms with Gasteiger partial charge in [-0.15, -0.1) is 0 Å². The van der Waals surface area contributed by atoms with Crippen LogP contribution >= 0.6 is 0 Å². The first-order chi connectivity index (χ1) is 8.83. The van der Waals surface area contributed by atoms with E-state index < -0.39 is 15.8 Å². The fraction of sp³-hybridized carbons (Fsp3) is 0.385. The third kappa shape index (κ3) is 5.10. The third-order valence-electron chi connectivity index (χ3n) is 2.26. The second kappa shape index (κ2) is 6.79. The molecule has 0 radical (unpaired) electrons. The minimum atomic E-state index is -3.84. The van der Waals surface area contributed by atoms with E-state index in [0.29, 0.717) is 12.2 Å². The number of hydrogen-bond acceptors (Lipinski definition) is 3. The Bertz CT molecular complexity index is 555. The molecule has 0 saturated carbocycles. The highest BCUT2D eigenvalue weighted by molar-refractivity contribution is 7.89. The van der Waals surface area contributed by atoms with Gasteiger partial charge in [0.2, 0.25) is 10.0 Å². The van der Waals surface area contributed by atoms with Gasteiger partial charge in [-0.25, -0.2) is 17.5 Å².